The molecule has 7 heteroatoms. The molecule has 5 nitrogen and oxygen atoms in total. The summed E-state index contributed by atoms with van der Waals surface area (Å²) < 4.78 is 11.3. The van der Waals surface area contributed by atoms with E-state index >= 15 is 0 Å². The van der Waals surface area contributed by atoms with Gasteiger partial charge in [0.2, 0.25) is 0 Å². The van der Waals surface area contributed by atoms with E-state index in [-0.39, 0.29) is 11.2 Å². The quantitative estimate of drug-likeness (QED) is 0.396. The normalized spacial score (nSPS) is 12.0. The number of ether oxygens (including phenoxy) is 2. The number of carbonyl (C=O) groups excluding carboxylic acids is 1. The van der Waals surface area contributed by atoms with Gasteiger partial charge in [-0.15, -0.1) is 11.8 Å². The van der Waals surface area contributed by atoms with Crippen LogP contribution in [0.4, 0.5) is 0 Å². The maximum absolute atomic E-state index is 12.2. The molecule has 2 aromatic carbocycles. The van der Waals surface area contributed by atoms with E-state index in [9.17, 15) is 4.79 Å². The molecule has 0 aromatic heterocycles. The largest absolute Gasteiger partial charge is 0.493 e. The lowest BCUT2D eigenvalue weighted by Gasteiger charge is -2.11. The molecule has 0 fully saturated rings. The SMILES string of the molecule is COc1cc(/C=N\NC(=O)[C@@H](C)Sc2ccc(C)cc2)cc(Br)c1OC. The van der Waals surface area contributed by atoms with Gasteiger partial charge in [-0.25, -0.2) is 5.43 Å². The first-order chi connectivity index (χ1) is 12.4. The third-order valence-electron chi connectivity index (χ3n) is 3.55. The Bertz CT molecular complexity index is 794. The number of carbonyl (C=O) groups is 1. The summed E-state index contributed by atoms with van der Waals surface area (Å²) in [6.45, 7) is 3.88. The molecule has 0 bridgehead atoms. The van der Waals surface area contributed by atoms with Gasteiger partial charge in [0, 0.05) is 4.90 Å². The number of thioether (sulfide) groups is 1. The number of halogens is 1. The molecule has 0 saturated carbocycles. The van der Waals surface area contributed by atoms with E-state index in [1.807, 2.05) is 44.2 Å². The molecule has 0 aliphatic carbocycles. The zero-order chi connectivity index (χ0) is 19.1. The van der Waals surface area contributed by atoms with Crippen LogP contribution in [0, 0.1) is 6.92 Å². The first-order valence-electron chi connectivity index (χ1n) is 7.92. The van der Waals surface area contributed by atoms with Crippen molar-refractivity contribution in [1.82, 2.24) is 5.43 Å². The van der Waals surface area contributed by atoms with Crippen molar-refractivity contribution in [3.8, 4) is 11.5 Å². The highest BCUT2D eigenvalue weighted by Gasteiger charge is 2.14. The minimum Gasteiger partial charge on any atom is -0.493 e. The number of hydrogen-bond donors (Lipinski definition) is 1. The number of rotatable bonds is 7. The van der Waals surface area contributed by atoms with Gasteiger partial charge in [-0.2, -0.15) is 5.10 Å². The number of nitrogens with one attached hydrogen (secondary N) is 1. The molecule has 26 heavy (non-hydrogen) atoms. The van der Waals surface area contributed by atoms with Crippen molar-refractivity contribution in [2.24, 2.45) is 5.10 Å². The number of hydrazone groups is 1. The average Bonchev–Trinajstić information content (AvgIpc) is 2.62. The highest BCUT2D eigenvalue weighted by atomic mass is 79.9. The predicted octanol–water partition coefficient (Wildman–Crippen LogP) is 4.41. The van der Waals surface area contributed by atoms with Crippen LogP contribution in [0.15, 0.2) is 50.9 Å². The fourth-order valence-electron chi connectivity index (χ4n) is 2.15. The Morgan fingerprint density at radius 1 is 1.23 bits per heavy atom. The van der Waals surface area contributed by atoms with Crippen molar-refractivity contribution in [2.75, 3.05) is 14.2 Å². The molecular formula is C19H21BrN2O3S. The zero-order valence-electron chi connectivity index (χ0n) is 15.1. The van der Waals surface area contributed by atoms with E-state index in [4.69, 9.17) is 9.47 Å². The van der Waals surface area contributed by atoms with Gasteiger partial charge in [-0.1, -0.05) is 17.7 Å². The van der Waals surface area contributed by atoms with Gasteiger partial charge in [-0.05, 0) is 59.6 Å². The van der Waals surface area contributed by atoms with Gasteiger partial charge in [-0.3, -0.25) is 4.79 Å². The second-order valence-electron chi connectivity index (χ2n) is 5.55. The molecule has 1 atom stereocenters. The van der Waals surface area contributed by atoms with Crippen molar-refractivity contribution in [2.45, 2.75) is 24.0 Å². The predicted molar refractivity (Wildman–Crippen MR) is 109 cm³/mol. The Balaban J connectivity index is 1.97. The summed E-state index contributed by atoms with van der Waals surface area (Å²) in [4.78, 5) is 13.2. The summed E-state index contributed by atoms with van der Waals surface area (Å²) in [5.74, 6) is 1.03. The summed E-state index contributed by atoms with van der Waals surface area (Å²) in [5.41, 5.74) is 4.53. The van der Waals surface area contributed by atoms with Crippen LogP contribution in [0.25, 0.3) is 0 Å². The van der Waals surface area contributed by atoms with Gasteiger partial charge in [0.15, 0.2) is 11.5 Å². The minimum atomic E-state index is -0.257. The Morgan fingerprint density at radius 2 is 1.92 bits per heavy atom. The second-order valence-corrected chi connectivity index (χ2v) is 7.81. The standard InChI is InChI=1S/C19H21BrN2O3S/c1-12-5-7-15(8-6-12)26-13(2)19(23)22-21-11-14-9-16(20)18(25-4)17(10-14)24-3/h5-11,13H,1-4H3,(H,22,23)/b21-11-/t13-/m1/s1. The highest BCUT2D eigenvalue weighted by Crippen LogP contribution is 2.35. The molecule has 0 aliphatic rings. The highest BCUT2D eigenvalue weighted by molar-refractivity contribution is 9.10. The molecule has 138 valence electrons. The van der Waals surface area contributed by atoms with E-state index in [2.05, 4.69) is 26.5 Å². The van der Waals surface area contributed by atoms with Crippen LogP contribution in [-0.4, -0.2) is 31.6 Å². The molecule has 0 unspecified atom stereocenters. The van der Waals surface area contributed by atoms with Crippen LogP contribution in [0.1, 0.15) is 18.1 Å². The van der Waals surface area contributed by atoms with Crippen LogP contribution in [0.5, 0.6) is 11.5 Å². The smallest absolute Gasteiger partial charge is 0.253 e. The van der Waals surface area contributed by atoms with E-state index in [1.165, 1.54) is 17.3 Å². The Hall–Kier alpha value is -1.99. The maximum atomic E-state index is 12.2. The Kier molecular flexibility index (Phi) is 7.53. The van der Waals surface area contributed by atoms with Crippen molar-refractivity contribution < 1.29 is 14.3 Å². The van der Waals surface area contributed by atoms with Crippen molar-refractivity contribution in [1.29, 1.82) is 0 Å². The number of aryl methyl sites for hydroxylation is 1. The van der Waals surface area contributed by atoms with E-state index < -0.39 is 0 Å². The van der Waals surface area contributed by atoms with Crippen LogP contribution in [0.2, 0.25) is 0 Å². The molecule has 2 aromatic rings. The molecule has 0 heterocycles. The van der Waals surface area contributed by atoms with Crippen LogP contribution in [0.3, 0.4) is 0 Å². The Labute approximate surface area is 166 Å². The molecular weight excluding hydrogens is 416 g/mol. The molecule has 1 amide bonds. The van der Waals surface area contributed by atoms with Crippen molar-refractivity contribution in [3.63, 3.8) is 0 Å². The molecule has 0 saturated heterocycles. The summed E-state index contributed by atoms with van der Waals surface area (Å²) in [6.07, 6.45) is 1.56. The molecule has 0 aliphatic heterocycles. The first-order valence-corrected chi connectivity index (χ1v) is 9.59. The van der Waals surface area contributed by atoms with E-state index in [0.29, 0.717) is 11.5 Å². The van der Waals surface area contributed by atoms with Gasteiger partial charge in [0.25, 0.3) is 5.91 Å². The fourth-order valence-corrected chi connectivity index (χ4v) is 3.63. The number of nitrogens with zero attached hydrogens (tertiary/aromatic N) is 1. The number of hydrogen-bond acceptors (Lipinski definition) is 5. The van der Waals surface area contributed by atoms with Crippen LogP contribution in [-0.2, 0) is 4.79 Å². The summed E-state index contributed by atoms with van der Waals surface area (Å²) in [5, 5.41) is 3.78. The average molecular weight is 437 g/mol. The van der Waals surface area contributed by atoms with Crippen molar-refractivity contribution in [3.05, 3.63) is 52.0 Å². The maximum Gasteiger partial charge on any atom is 0.253 e. The van der Waals surface area contributed by atoms with E-state index in [1.54, 1.807) is 26.5 Å². The fraction of sp³-hybridized carbons (Fsp3) is 0.263. The van der Waals surface area contributed by atoms with Crippen LogP contribution >= 0.6 is 27.7 Å². The third-order valence-corrected chi connectivity index (χ3v) is 5.25. The second kappa shape index (κ2) is 9.64. The number of amides is 1. The molecule has 1 N–H and O–H groups in total. The summed E-state index contributed by atoms with van der Waals surface area (Å²) in [6, 6.07) is 11.7. The molecule has 2 rings (SSSR count). The van der Waals surface area contributed by atoms with Gasteiger partial charge in [0.05, 0.1) is 30.2 Å². The zero-order valence-corrected chi connectivity index (χ0v) is 17.5. The molecule has 0 spiro atoms. The lowest BCUT2D eigenvalue weighted by molar-refractivity contribution is -0.120. The summed E-state index contributed by atoms with van der Waals surface area (Å²) in [7, 11) is 3.14. The lowest BCUT2D eigenvalue weighted by Crippen LogP contribution is -2.26. The Morgan fingerprint density at radius 3 is 2.54 bits per heavy atom. The van der Waals surface area contributed by atoms with E-state index in [0.717, 1.165) is 14.9 Å². The van der Waals surface area contributed by atoms with Gasteiger partial charge >= 0.3 is 0 Å². The number of methoxy groups -OCH3 is 2. The monoisotopic (exact) mass is 436 g/mol. The minimum absolute atomic E-state index is 0.161. The van der Waals surface area contributed by atoms with Crippen molar-refractivity contribution >= 4 is 39.8 Å². The lowest BCUT2D eigenvalue weighted by atomic mass is 10.2. The first kappa shape index (κ1) is 20.3. The van der Waals surface area contributed by atoms with Crippen LogP contribution < -0.4 is 14.9 Å². The van der Waals surface area contributed by atoms with Gasteiger partial charge in [0.1, 0.15) is 0 Å². The van der Waals surface area contributed by atoms with Gasteiger partial charge < -0.3 is 9.47 Å². The number of benzene rings is 2. The summed E-state index contributed by atoms with van der Waals surface area (Å²) >= 11 is 4.92. The topological polar surface area (TPSA) is 59.9 Å². The third kappa shape index (κ3) is 5.51. The molecule has 0 radical (unpaired) electrons.